The monoisotopic (exact) mass is 468 g/mol. The molecule has 1 aliphatic rings. The van der Waals surface area contributed by atoms with E-state index in [0.717, 1.165) is 28.5 Å². The molecule has 1 unspecified atom stereocenters. The molecule has 0 radical (unpaired) electrons. The molecular formula is C27H29FO6. The molecule has 0 heterocycles. The van der Waals surface area contributed by atoms with Crippen LogP contribution >= 0.6 is 0 Å². The van der Waals surface area contributed by atoms with Crippen LogP contribution in [0.5, 0.6) is 11.5 Å². The molecule has 0 aliphatic heterocycles. The molecule has 0 bridgehead atoms. The van der Waals surface area contributed by atoms with Gasteiger partial charge < -0.3 is 24.4 Å². The number of halogens is 1. The zero-order valence-corrected chi connectivity index (χ0v) is 19.3. The molecule has 6 nitrogen and oxygen atoms in total. The predicted molar refractivity (Wildman–Crippen MR) is 126 cm³/mol. The van der Waals surface area contributed by atoms with Crippen LogP contribution in [0.3, 0.4) is 0 Å². The number of carboxylic acids is 1. The molecule has 2 N–H and O–H groups in total. The second-order valence-electron chi connectivity index (χ2n) is 9.06. The molecule has 1 fully saturated rings. The fraction of sp³-hybridized carbons (Fsp3) is 0.370. The van der Waals surface area contributed by atoms with Crippen molar-refractivity contribution in [2.45, 2.75) is 51.6 Å². The van der Waals surface area contributed by atoms with Gasteiger partial charge in [0.25, 0.3) is 0 Å². The molecule has 3 aromatic carbocycles. The predicted octanol–water partition coefficient (Wildman–Crippen LogP) is 5.55. The number of ether oxygens (including phenoxy) is 3. The minimum atomic E-state index is -1.22. The number of hydrogen-bond acceptors (Lipinski definition) is 5. The van der Waals surface area contributed by atoms with Crippen LogP contribution in [0.1, 0.15) is 48.5 Å². The van der Waals surface area contributed by atoms with Crippen molar-refractivity contribution in [3.63, 3.8) is 0 Å². The number of hydrogen-bond donors (Lipinski definition) is 2. The van der Waals surface area contributed by atoms with Crippen molar-refractivity contribution in [2.75, 3.05) is 7.11 Å². The number of carboxylic acid groups (broad SMARTS) is 1. The van der Waals surface area contributed by atoms with Gasteiger partial charge in [-0.1, -0.05) is 49.4 Å². The summed E-state index contributed by atoms with van der Waals surface area (Å²) >= 11 is 0. The van der Waals surface area contributed by atoms with E-state index in [1.165, 1.54) is 7.11 Å². The van der Waals surface area contributed by atoms with Gasteiger partial charge >= 0.3 is 5.97 Å². The van der Waals surface area contributed by atoms with Gasteiger partial charge in [-0.3, -0.25) is 0 Å². The van der Waals surface area contributed by atoms with Crippen LogP contribution in [0.4, 0.5) is 4.39 Å². The maximum atomic E-state index is 14.4. The van der Waals surface area contributed by atoms with E-state index >= 15 is 0 Å². The van der Waals surface area contributed by atoms with Crippen molar-refractivity contribution in [3.05, 3.63) is 71.5 Å². The summed E-state index contributed by atoms with van der Waals surface area (Å²) in [4.78, 5) is 11.4. The first-order valence-corrected chi connectivity index (χ1v) is 11.3. The first-order valence-electron chi connectivity index (χ1n) is 11.3. The summed E-state index contributed by atoms with van der Waals surface area (Å²) in [6, 6.07) is 16.3. The Balaban J connectivity index is 1.37. The Labute approximate surface area is 197 Å². The SMILES string of the molecule is COc1cc(F)c(O[C@H]2CC[C@@](C)(C(O)OCc3cccc4ccccc34)CC2)cc1C(=O)O. The lowest BCUT2D eigenvalue weighted by Crippen LogP contribution is -2.40. The average molecular weight is 469 g/mol. The van der Waals surface area contributed by atoms with Gasteiger partial charge in [0.15, 0.2) is 17.9 Å². The Hall–Kier alpha value is -3.16. The fourth-order valence-corrected chi connectivity index (χ4v) is 4.54. The van der Waals surface area contributed by atoms with E-state index < -0.39 is 23.5 Å². The summed E-state index contributed by atoms with van der Waals surface area (Å²) in [5.41, 5.74) is 0.397. The number of aliphatic hydroxyl groups excluding tert-OH is 1. The number of aliphatic hydroxyl groups is 1. The van der Waals surface area contributed by atoms with E-state index in [-0.39, 0.29) is 23.2 Å². The highest BCUT2D eigenvalue weighted by Crippen LogP contribution is 2.41. The molecule has 34 heavy (non-hydrogen) atoms. The first-order chi connectivity index (χ1) is 16.3. The summed E-state index contributed by atoms with van der Waals surface area (Å²) in [5, 5.41) is 22.4. The lowest BCUT2D eigenvalue weighted by Gasteiger charge is -2.40. The molecule has 7 heteroatoms. The number of carbonyl (C=O) groups is 1. The standard InChI is InChI=1S/C27H29FO6/c1-27(26(31)33-16-18-8-5-7-17-6-3-4-9-20(17)18)12-10-19(11-13-27)34-24-14-21(25(29)30)23(32-2)15-22(24)28/h3-9,14-15,19,26,31H,10-13,16H2,1-2H3,(H,29,30)/t19-,26?,27+. The van der Waals surface area contributed by atoms with Crippen LogP contribution in [-0.4, -0.2) is 35.7 Å². The van der Waals surface area contributed by atoms with Crippen molar-refractivity contribution in [3.8, 4) is 11.5 Å². The lowest BCUT2D eigenvalue weighted by atomic mass is 9.74. The summed E-state index contributed by atoms with van der Waals surface area (Å²) in [7, 11) is 1.29. The molecular weight excluding hydrogens is 439 g/mol. The number of benzene rings is 3. The molecule has 4 rings (SSSR count). The maximum absolute atomic E-state index is 14.4. The third-order valence-electron chi connectivity index (χ3n) is 6.73. The van der Waals surface area contributed by atoms with E-state index in [0.29, 0.717) is 32.3 Å². The summed E-state index contributed by atoms with van der Waals surface area (Å²) in [6.45, 7) is 2.28. The third kappa shape index (κ3) is 5.00. The summed E-state index contributed by atoms with van der Waals surface area (Å²) in [5.74, 6) is -2.06. The maximum Gasteiger partial charge on any atom is 0.339 e. The van der Waals surface area contributed by atoms with Crippen LogP contribution in [-0.2, 0) is 11.3 Å². The topological polar surface area (TPSA) is 85.2 Å². The molecule has 1 saturated carbocycles. The zero-order chi connectivity index (χ0) is 24.3. The molecule has 3 aromatic rings. The highest BCUT2D eigenvalue weighted by Gasteiger charge is 2.39. The zero-order valence-electron chi connectivity index (χ0n) is 19.3. The molecule has 0 spiro atoms. The van der Waals surface area contributed by atoms with Gasteiger partial charge in [-0.05, 0) is 42.0 Å². The van der Waals surface area contributed by atoms with E-state index in [2.05, 4.69) is 0 Å². The van der Waals surface area contributed by atoms with Crippen LogP contribution < -0.4 is 9.47 Å². The highest BCUT2D eigenvalue weighted by atomic mass is 19.1. The third-order valence-corrected chi connectivity index (χ3v) is 6.73. The van der Waals surface area contributed by atoms with E-state index in [4.69, 9.17) is 14.2 Å². The number of fused-ring (bicyclic) bond motifs is 1. The minimum absolute atomic E-state index is 0.0555. The average Bonchev–Trinajstić information content (AvgIpc) is 2.84. The van der Waals surface area contributed by atoms with Crippen molar-refractivity contribution in [1.82, 2.24) is 0 Å². The molecule has 1 atom stereocenters. The van der Waals surface area contributed by atoms with Crippen molar-refractivity contribution < 1.29 is 33.6 Å². The van der Waals surface area contributed by atoms with Gasteiger partial charge in [0, 0.05) is 17.5 Å². The summed E-state index contributed by atoms with van der Waals surface area (Å²) in [6.07, 6.45) is 1.17. The summed E-state index contributed by atoms with van der Waals surface area (Å²) < 4.78 is 31.1. The van der Waals surface area contributed by atoms with Crippen LogP contribution in [0.2, 0.25) is 0 Å². The van der Waals surface area contributed by atoms with Gasteiger partial charge in [0.1, 0.15) is 11.3 Å². The Morgan fingerprint density at radius 3 is 2.53 bits per heavy atom. The van der Waals surface area contributed by atoms with E-state index in [1.807, 2.05) is 49.4 Å². The largest absolute Gasteiger partial charge is 0.496 e. The number of methoxy groups -OCH3 is 1. The van der Waals surface area contributed by atoms with Crippen LogP contribution in [0.25, 0.3) is 10.8 Å². The van der Waals surface area contributed by atoms with Gasteiger partial charge in [-0.25, -0.2) is 9.18 Å². The first kappa shape index (κ1) is 24.0. The molecule has 0 amide bonds. The normalized spacial score (nSPS) is 21.2. The molecule has 1 aliphatic carbocycles. The highest BCUT2D eigenvalue weighted by molar-refractivity contribution is 5.91. The second-order valence-corrected chi connectivity index (χ2v) is 9.06. The molecule has 0 aromatic heterocycles. The Morgan fingerprint density at radius 2 is 1.82 bits per heavy atom. The Morgan fingerprint density at radius 1 is 1.12 bits per heavy atom. The Bertz CT molecular complexity index is 1160. The van der Waals surface area contributed by atoms with Crippen LogP contribution in [0, 0.1) is 11.2 Å². The Kier molecular flexibility index (Phi) is 7.05. The quantitative estimate of drug-likeness (QED) is 0.422. The smallest absolute Gasteiger partial charge is 0.339 e. The lowest BCUT2D eigenvalue weighted by molar-refractivity contribution is -0.190. The number of rotatable bonds is 8. The second kappa shape index (κ2) is 9.99. The van der Waals surface area contributed by atoms with Gasteiger partial charge in [0.2, 0.25) is 0 Å². The number of aromatic carboxylic acids is 1. The van der Waals surface area contributed by atoms with Crippen molar-refractivity contribution in [2.24, 2.45) is 5.41 Å². The van der Waals surface area contributed by atoms with Gasteiger partial charge in [0.05, 0.1) is 19.8 Å². The van der Waals surface area contributed by atoms with Gasteiger partial charge in [-0.2, -0.15) is 0 Å². The van der Waals surface area contributed by atoms with E-state index in [9.17, 15) is 19.4 Å². The van der Waals surface area contributed by atoms with Gasteiger partial charge in [-0.15, -0.1) is 0 Å². The van der Waals surface area contributed by atoms with Crippen LogP contribution in [0.15, 0.2) is 54.6 Å². The molecule has 0 saturated heterocycles. The van der Waals surface area contributed by atoms with E-state index in [1.54, 1.807) is 0 Å². The fourth-order valence-electron chi connectivity index (χ4n) is 4.54. The minimum Gasteiger partial charge on any atom is -0.496 e. The van der Waals surface area contributed by atoms with Crippen molar-refractivity contribution >= 4 is 16.7 Å². The molecule has 180 valence electrons. The van der Waals surface area contributed by atoms with Crippen molar-refractivity contribution in [1.29, 1.82) is 0 Å².